The summed E-state index contributed by atoms with van der Waals surface area (Å²) in [5, 5.41) is 9.71. The molecule has 1 aromatic rings. The summed E-state index contributed by atoms with van der Waals surface area (Å²) < 4.78 is 5.38. The molecule has 90 valence electrons. The number of pyridine rings is 1. The summed E-state index contributed by atoms with van der Waals surface area (Å²) in [6.07, 6.45) is 4.92. The molecule has 1 N–H and O–H groups in total. The zero-order chi connectivity index (χ0) is 12.0. The number of rotatable bonds is 6. The first-order valence-corrected chi connectivity index (χ1v) is 5.88. The van der Waals surface area contributed by atoms with E-state index in [1.54, 1.807) is 6.20 Å². The normalized spacial score (nSPS) is 12.8. The van der Waals surface area contributed by atoms with E-state index in [-0.39, 0.29) is 6.10 Å². The van der Waals surface area contributed by atoms with Crippen LogP contribution in [0.1, 0.15) is 32.8 Å². The number of aryl methyl sites for hydroxylation is 1. The summed E-state index contributed by atoms with van der Waals surface area (Å²) in [5.74, 6) is 1.11. The molecule has 0 aliphatic rings. The van der Waals surface area contributed by atoms with Gasteiger partial charge >= 0.3 is 0 Å². The van der Waals surface area contributed by atoms with E-state index in [2.05, 4.69) is 4.98 Å². The number of aliphatic hydroxyl groups excluding tert-OH is 1. The number of hydrogen-bond acceptors (Lipinski definition) is 3. The summed E-state index contributed by atoms with van der Waals surface area (Å²) in [6.45, 7) is 6.66. The number of aromatic nitrogens is 1. The van der Waals surface area contributed by atoms with Gasteiger partial charge in [0.1, 0.15) is 5.75 Å². The van der Waals surface area contributed by atoms with Crippen molar-refractivity contribution in [2.45, 2.75) is 39.7 Å². The van der Waals surface area contributed by atoms with E-state index in [9.17, 15) is 5.11 Å². The van der Waals surface area contributed by atoms with Gasteiger partial charge in [-0.3, -0.25) is 4.98 Å². The Balaban J connectivity index is 2.50. The summed E-state index contributed by atoms with van der Waals surface area (Å²) >= 11 is 0. The molecular formula is C13H21NO2. The van der Waals surface area contributed by atoms with Crippen LogP contribution in [0.3, 0.4) is 0 Å². The van der Waals surface area contributed by atoms with Gasteiger partial charge in [-0.2, -0.15) is 0 Å². The highest BCUT2D eigenvalue weighted by Gasteiger charge is 2.09. The minimum atomic E-state index is -0.240. The van der Waals surface area contributed by atoms with Crippen LogP contribution in [0.25, 0.3) is 0 Å². The Labute approximate surface area is 97.5 Å². The molecule has 0 aliphatic carbocycles. The lowest BCUT2D eigenvalue weighted by Crippen LogP contribution is -2.15. The van der Waals surface area contributed by atoms with E-state index < -0.39 is 0 Å². The van der Waals surface area contributed by atoms with Gasteiger partial charge in [0.25, 0.3) is 0 Å². The van der Waals surface area contributed by atoms with E-state index in [1.165, 1.54) is 0 Å². The molecule has 1 rings (SSSR count). The highest BCUT2D eigenvalue weighted by molar-refractivity contribution is 5.23. The minimum Gasteiger partial charge on any atom is -0.492 e. The van der Waals surface area contributed by atoms with Crippen LogP contribution in [0, 0.1) is 5.92 Å². The Morgan fingerprint density at radius 3 is 2.75 bits per heavy atom. The topological polar surface area (TPSA) is 42.4 Å². The van der Waals surface area contributed by atoms with E-state index in [1.807, 2.05) is 33.0 Å². The molecule has 0 spiro atoms. The van der Waals surface area contributed by atoms with Crippen molar-refractivity contribution in [3.63, 3.8) is 0 Å². The minimum absolute atomic E-state index is 0.240. The van der Waals surface area contributed by atoms with E-state index >= 15 is 0 Å². The molecule has 3 nitrogen and oxygen atoms in total. The van der Waals surface area contributed by atoms with E-state index in [4.69, 9.17) is 4.74 Å². The van der Waals surface area contributed by atoms with Gasteiger partial charge in [-0.25, -0.2) is 0 Å². The maximum absolute atomic E-state index is 9.71. The molecule has 0 saturated heterocycles. The van der Waals surface area contributed by atoms with Gasteiger partial charge in [0.2, 0.25) is 0 Å². The van der Waals surface area contributed by atoms with Crippen molar-refractivity contribution in [2.75, 3.05) is 6.61 Å². The number of aliphatic hydroxyl groups is 1. The number of ether oxygens (including phenoxy) is 1. The van der Waals surface area contributed by atoms with Crippen molar-refractivity contribution in [1.82, 2.24) is 4.98 Å². The van der Waals surface area contributed by atoms with Crippen LogP contribution in [-0.2, 0) is 6.42 Å². The Morgan fingerprint density at radius 1 is 1.38 bits per heavy atom. The highest BCUT2D eigenvalue weighted by atomic mass is 16.5. The Hall–Kier alpha value is -1.09. The second kappa shape index (κ2) is 6.48. The van der Waals surface area contributed by atoms with E-state index in [0.29, 0.717) is 12.5 Å². The molecule has 0 amide bonds. The lowest BCUT2D eigenvalue weighted by molar-refractivity contribution is 0.116. The fraction of sp³-hybridized carbons (Fsp3) is 0.615. The van der Waals surface area contributed by atoms with Gasteiger partial charge < -0.3 is 9.84 Å². The molecule has 0 bridgehead atoms. The maximum atomic E-state index is 9.71. The van der Waals surface area contributed by atoms with Crippen molar-refractivity contribution in [2.24, 2.45) is 5.92 Å². The predicted molar refractivity (Wildman–Crippen MR) is 64.6 cm³/mol. The number of nitrogens with zero attached hydrogens (tertiary/aromatic N) is 1. The van der Waals surface area contributed by atoms with Gasteiger partial charge in [0, 0.05) is 6.20 Å². The number of hydrogen-bond donors (Lipinski definition) is 1. The molecule has 0 aromatic carbocycles. The highest BCUT2D eigenvalue weighted by Crippen LogP contribution is 2.15. The van der Waals surface area contributed by atoms with Crippen LogP contribution < -0.4 is 4.74 Å². The third-order valence-corrected chi connectivity index (χ3v) is 2.58. The van der Waals surface area contributed by atoms with Gasteiger partial charge in [-0.15, -0.1) is 0 Å². The van der Waals surface area contributed by atoms with Crippen LogP contribution >= 0.6 is 0 Å². The maximum Gasteiger partial charge on any atom is 0.137 e. The molecule has 3 heteroatoms. The van der Waals surface area contributed by atoms with Gasteiger partial charge in [0.15, 0.2) is 0 Å². The summed E-state index contributed by atoms with van der Waals surface area (Å²) in [7, 11) is 0. The van der Waals surface area contributed by atoms with Crippen molar-refractivity contribution in [3.8, 4) is 5.75 Å². The van der Waals surface area contributed by atoms with Gasteiger partial charge in [-0.05, 0) is 37.3 Å². The quantitative estimate of drug-likeness (QED) is 0.805. The molecule has 0 aliphatic heterocycles. The fourth-order valence-corrected chi connectivity index (χ4v) is 1.49. The molecule has 16 heavy (non-hydrogen) atoms. The van der Waals surface area contributed by atoms with Crippen LogP contribution in [-0.4, -0.2) is 22.8 Å². The average Bonchev–Trinajstić information content (AvgIpc) is 2.26. The molecular weight excluding hydrogens is 202 g/mol. The molecule has 1 heterocycles. The van der Waals surface area contributed by atoms with Crippen molar-refractivity contribution >= 4 is 0 Å². The summed E-state index contributed by atoms with van der Waals surface area (Å²) in [5.41, 5.74) is 1.12. The summed E-state index contributed by atoms with van der Waals surface area (Å²) in [6, 6.07) is 1.99. The molecule has 0 fully saturated rings. The van der Waals surface area contributed by atoms with Crippen molar-refractivity contribution < 1.29 is 9.84 Å². The monoisotopic (exact) mass is 223 g/mol. The van der Waals surface area contributed by atoms with E-state index in [0.717, 1.165) is 24.2 Å². The van der Waals surface area contributed by atoms with Crippen LogP contribution in [0.2, 0.25) is 0 Å². The Morgan fingerprint density at radius 2 is 2.12 bits per heavy atom. The Bertz CT molecular complexity index is 313. The van der Waals surface area contributed by atoms with Crippen LogP contribution in [0.5, 0.6) is 5.75 Å². The molecule has 1 unspecified atom stereocenters. The third-order valence-electron chi connectivity index (χ3n) is 2.58. The summed E-state index contributed by atoms with van der Waals surface area (Å²) in [4.78, 5) is 4.12. The molecule has 1 atom stereocenters. The average molecular weight is 223 g/mol. The zero-order valence-corrected chi connectivity index (χ0v) is 10.3. The molecule has 1 aromatic heterocycles. The predicted octanol–water partition coefficient (Wildman–Crippen LogP) is 2.43. The van der Waals surface area contributed by atoms with Gasteiger partial charge in [-0.1, -0.05) is 13.8 Å². The standard InChI is InChI=1S/C13H21NO2/c1-4-16-12-7-11(8-14-9-12)5-6-13(15)10(2)3/h7-10,13,15H,4-6H2,1-3H3. The molecule has 0 saturated carbocycles. The van der Waals surface area contributed by atoms with Crippen LogP contribution in [0.15, 0.2) is 18.5 Å². The Kier molecular flexibility index (Phi) is 5.26. The second-order valence-corrected chi connectivity index (χ2v) is 4.31. The van der Waals surface area contributed by atoms with Crippen LogP contribution in [0.4, 0.5) is 0 Å². The first-order valence-electron chi connectivity index (χ1n) is 5.88. The third kappa shape index (κ3) is 4.19. The van der Waals surface area contributed by atoms with Crippen molar-refractivity contribution in [1.29, 1.82) is 0 Å². The largest absolute Gasteiger partial charge is 0.492 e. The lowest BCUT2D eigenvalue weighted by atomic mass is 10.0. The lowest BCUT2D eigenvalue weighted by Gasteiger charge is -2.14. The first kappa shape index (κ1) is 13.0. The second-order valence-electron chi connectivity index (χ2n) is 4.31. The first-order chi connectivity index (χ1) is 7.63. The van der Waals surface area contributed by atoms with Crippen molar-refractivity contribution in [3.05, 3.63) is 24.0 Å². The fourth-order valence-electron chi connectivity index (χ4n) is 1.49. The SMILES string of the molecule is CCOc1cncc(CCC(O)C(C)C)c1. The zero-order valence-electron chi connectivity index (χ0n) is 10.3. The molecule has 0 radical (unpaired) electrons. The van der Waals surface area contributed by atoms with Gasteiger partial charge in [0.05, 0.1) is 18.9 Å². The smallest absolute Gasteiger partial charge is 0.137 e.